The molecule has 0 aliphatic heterocycles. The number of nitrogens with one attached hydrogen (secondary N) is 1. The van der Waals surface area contributed by atoms with Crippen molar-refractivity contribution in [2.45, 2.75) is 20.4 Å². The highest BCUT2D eigenvalue weighted by Crippen LogP contribution is 2.41. The zero-order valence-corrected chi connectivity index (χ0v) is 18.8. The number of rotatable bonds is 5. The topological polar surface area (TPSA) is 137 Å². The summed E-state index contributed by atoms with van der Waals surface area (Å²) in [5, 5.41) is 32.9. The molecule has 6 rings (SSSR count). The first-order valence-corrected chi connectivity index (χ1v) is 12.1. The number of aromatic nitrogens is 11. The average Bonchev–Trinajstić information content (AvgIpc) is 3.56. The average molecular weight is 484 g/mol. The Morgan fingerprint density at radius 2 is 1.97 bits per heavy atom. The molecule has 0 saturated carbocycles. The zero-order chi connectivity index (χ0) is 20.8. The fraction of sp³-hybridized carbons (Fsp3) is 0.0625. The van der Waals surface area contributed by atoms with E-state index in [2.05, 4.69) is 40.8 Å². The second-order valence-corrected chi connectivity index (χ2v) is 9.69. The fourth-order valence-corrected chi connectivity index (χ4v) is 6.26. The minimum atomic E-state index is 0.495. The highest BCUT2D eigenvalue weighted by Gasteiger charge is 2.20. The Labute approximate surface area is 189 Å². The molecular weight excluding hydrogens is 475 g/mol. The molecule has 0 unspecified atom stereocenters. The maximum Gasteiger partial charge on any atom is 0.237 e. The van der Waals surface area contributed by atoms with Crippen LogP contribution in [0.4, 0.5) is 0 Å². The number of aryl methyl sites for hydroxylation is 1. The molecule has 152 valence electrons. The Bertz CT molecular complexity index is 1520. The Balaban J connectivity index is 1.51. The van der Waals surface area contributed by atoms with Gasteiger partial charge < -0.3 is 4.57 Å². The van der Waals surface area contributed by atoms with Crippen molar-refractivity contribution in [3.05, 3.63) is 28.8 Å². The van der Waals surface area contributed by atoms with Crippen molar-refractivity contribution >= 4 is 68.0 Å². The summed E-state index contributed by atoms with van der Waals surface area (Å²) in [5.41, 5.74) is 1.70. The lowest BCUT2D eigenvalue weighted by Crippen LogP contribution is -1.94. The first-order chi connectivity index (χ1) is 15.3. The minimum absolute atomic E-state index is 0.495. The highest BCUT2D eigenvalue weighted by atomic mass is 32.2. The molecular formula is C16H9N11S4. The van der Waals surface area contributed by atoms with E-state index in [1.165, 1.54) is 34.9 Å². The fourth-order valence-electron chi connectivity index (χ4n) is 2.85. The molecule has 0 spiro atoms. The predicted molar refractivity (Wildman–Crippen MR) is 117 cm³/mol. The van der Waals surface area contributed by atoms with E-state index in [1.807, 2.05) is 27.8 Å². The van der Waals surface area contributed by atoms with Crippen molar-refractivity contribution < 1.29 is 0 Å². The van der Waals surface area contributed by atoms with Crippen LogP contribution in [-0.2, 0) is 7.05 Å². The quantitative estimate of drug-likeness (QED) is 0.361. The van der Waals surface area contributed by atoms with Gasteiger partial charge in [0, 0.05) is 28.6 Å². The van der Waals surface area contributed by atoms with Crippen molar-refractivity contribution in [2.24, 2.45) is 7.05 Å². The largest absolute Gasteiger partial charge is 0.311 e. The summed E-state index contributed by atoms with van der Waals surface area (Å²) in [5.74, 6) is 0.603. The first-order valence-electron chi connectivity index (χ1n) is 8.66. The van der Waals surface area contributed by atoms with Crippen LogP contribution in [0.25, 0.3) is 32.5 Å². The molecule has 15 heteroatoms. The highest BCUT2D eigenvalue weighted by molar-refractivity contribution is 7.99. The third kappa shape index (κ3) is 3.34. The van der Waals surface area contributed by atoms with Gasteiger partial charge in [-0.3, -0.25) is 0 Å². The molecule has 0 aliphatic rings. The van der Waals surface area contributed by atoms with E-state index in [0.29, 0.717) is 11.0 Å². The number of hydrogen-bond donors (Lipinski definition) is 1. The van der Waals surface area contributed by atoms with E-state index < -0.39 is 0 Å². The van der Waals surface area contributed by atoms with Crippen molar-refractivity contribution in [1.29, 1.82) is 0 Å². The molecule has 0 atom stereocenters. The van der Waals surface area contributed by atoms with Gasteiger partial charge in [0.1, 0.15) is 22.7 Å². The maximum atomic E-state index is 4.85. The van der Waals surface area contributed by atoms with Crippen LogP contribution in [0.1, 0.15) is 0 Å². The number of thiophene rings is 2. The number of fused-ring (bicyclic) bond motifs is 2. The van der Waals surface area contributed by atoms with Crippen LogP contribution in [0.3, 0.4) is 0 Å². The molecule has 0 fully saturated rings. The molecule has 11 nitrogen and oxygen atoms in total. The van der Waals surface area contributed by atoms with E-state index in [4.69, 9.17) is 9.97 Å². The predicted octanol–water partition coefficient (Wildman–Crippen LogP) is 3.31. The molecule has 0 saturated heterocycles. The smallest absolute Gasteiger partial charge is 0.237 e. The van der Waals surface area contributed by atoms with Gasteiger partial charge in [-0.1, -0.05) is 0 Å². The lowest BCUT2D eigenvalue weighted by Gasteiger charge is -2.06. The van der Waals surface area contributed by atoms with Crippen LogP contribution in [0, 0.1) is 0 Å². The third-order valence-electron chi connectivity index (χ3n) is 4.24. The van der Waals surface area contributed by atoms with E-state index >= 15 is 0 Å². The monoisotopic (exact) mass is 483 g/mol. The van der Waals surface area contributed by atoms with E-state index in [1.54, 1.807) is 24.0 Å². The Morgan fingerprint density at radius 1 is 1.00 bits per heavy atom. The number of aromatic amines is 1. The van der Waals surface area contributed by atoms with Crippen LogP contribution in [-0.4, -0.2) is 55.3 Å². The molecule has 0 aromatic carbocycles. The van der Waals surface area contributed by atoms with Gasteiger partial charge in [-0.2, -0.15) is 5.21 Å². The third-order valence-corrected chi connectivity index (χ3v) is 7.85. The van der Waals surface area contributed by atoms with Gasteiger partial charge in [-0.15, -0.1) is 43.1 Å². The molecule has 0 aliphatic carbocycles. The SMILES string of the molecule is Cn1cnnc1Sc1ncnc2csc(-c3nc(Sc4nn[nH]n4)c4cscc4n3)c12. The van der Waals surface area contributed by atoms with Gasteiger partial charge in [0.15, 0.2) is 11.0 Å². The van der Waals surface area contributed by atoms with E-state index in [-0.39, 0.29) is 0 Å². The van der Waals surface area contributed by atoms with Crippen LogP contribution < -0.4 is 0 Å². The molecule has 31 heavy (non-hydrogen) atoms. The van der Waals surface area contributed by atoms with Crippen LogP contribution in [0.2, 0.25) is 0 Å². The molecule has 0 amide bonds. The lowest BCUT2D eigenvalue weighted by molar-refractivity contribution is 0.787. The van der Waals surface area contributed by atoms with Crippen molar-refractivity contribution in [1.82, 2.24) is 55.3 Å². The molecule has 6 aromatic heterocycles. The maximum absolute atomic E-state index is 4.85. The molecule has 0 bridgehead atoms. The molecule has 6 aromatic rings. The van der Waals surface area contributed by atoms with Gasteiger partial charge in [0.25, 0.3) is 0 Å². The summed E-state index contributed by atoms with van der Waals surface area (Å²) < 4.78 is 1.85. The number of H-pyrrole nitrogens is 1. The molecule has 0 radical (unpaired) electrons. The van der Waals surface area contributed by atoms with Crippen molar-refractivity contribution in [2.75, 3.05) is 0 Å². The number of tetrazole rings is 1. The normalized spacial score (nSPS) is 11.6. The lowest BCUT2D eigenvalue weighted by atomic mass is 10.3. The standard InChI is InChI=1S/C16H9N11S4/c1-27-6-19-24-16(27)31-14-10-9(17-5-18-14)4-29-11(10)12-20-8-3-28-2-7(8)13(21-12)30-15-22-25-26-23-15/h2-6H,1H3,(H,22,23,25,26). The Hall–Kier alpha value is -3.01. The second kappa shape index (κ2) is 7.60. The van der Waals surface area contributed by atoms with Gasteiger partial charge in [0.2, 0.25) is 5.16 Å². The summed E-state index contributed by atoms with van der Waals surface area (Å²) in [6, 6.07) is 0. The summed E-state index contributed by atoms with van der Waals surface area (Å²) in [4.78, 5) is 19.5. The Morgan fingerprint density at radius 3 is 2.81 bits per heavy atom. The van der Waals surface area contributed by atoms with Gasteiger partial charge in [-0.05, 0) is 28.7 Å². The Kier molecular flexibility index (Phi) is 4.59. The van der Waals surface area contributed by atoms with Gasteiger partial charge >= 0.3 is 0 Å². The van der Waals surface area contributed by atoms with Gasteiger partial charge in [0.05, 0.1) is 21.3 Å². The second-order valence-electron chi connectivity index (χ2n) is 6.15. The van der Waals surface area contributed by atoms with Crippen molar-refractivity contribution in [3.8, 4) is 10.7 Å². The number of nitrogens with zero attached hydrogens (tertiary/aromatic N) is 10. The van der Waals surface area contributed by atoms with Crippen LogP contribution in [0.15, 0.2) is 49.2 Å². The summed E-state index contributed by atoms with van der Waals surface area (Å²) >= 11 is 5.88. The van der Waals surface area contributed by atoms with E-state index in [9.17, 15) is 0 Å². The zero-order valence-electron chi connectivity index (χ0n) is 15.5. The summed E-state index contributed by atoms with van der Waals surface area (Å²) in [6.45, 7) is 0. The minimum Gasteiger partial charge on any atom is -0.311 e. The van der Waals surface area contributed by atoms with Crippen LogP contribution >= 0.6 is 46.2 Å². The van der Waals surface area contributed by atoms with E-state index in [0.717, 1.165) is 41.9 Å². The summed E-state index contributed by atoms with van der Waals surface area (Å²) in [6.07, 6.45) is 3.21. The van der Waals surface area contributed by atoms with Crippen molar-refractivity contribution in [3.63, 3.8) is 0 Å². The summed E-state index contributed by atoms with van der Waals surface area (Å²) in [7, 11) is 1.89. The van der Waals surface area contributed by atoms with Crippen LogP contribution in [0.5, 0.6) is 0 Å². The molecule has 6 heterocycles. The molecule has 1 N–H and O–H groups in total. The first kappa shape index (κ1) is 18.7. The number of hydrogen-bond acceptors (Lipinski definition) is 13. The van der Waals surface area contributed by atoms with Gasteiger partial charge in [-0.25, -0.2) is 19.9 Å².